The second-order valence-corrected chi connectivity index (χ2v) is 6.38. The lowest BCUT2D eigenvalue weighted by Crippen LogP contribution is -2.28. The van der Waals surface area contributed by atoms with Crippen molar-refractivity contribution in [3.63, 3.8) is 0 Å². The minimum atomic E-state index is -0.279. The number of carbonyl (C=O) groups is 1. The summed E-state index contributed by atoms with van der Waals surface area (Å²) in [5, 5.41) is 7.14. The van der Waals surface area contributed by atoms with Crippen LogP contribution in [0, 0.1) is 5.82 Å². The van der Waals surface area contributed by atoms with E-state index in [9.17, 15) is 9.18 Å². The molecule has 128 valence electrons. The van der Waals surface area contributed by atoms with Gasteiger partial charge in [-0.05, 0) is 30.3 Å². The third-order valence-electron chi connectivity index (χ3n) is 3.47. The van der Waals surface area contributed by atoms with Gasteiger partial charge in [-0.1, -0.05) is 6.07 Å². The number of nitrogens with one attached hydrogen (secondary N) is 1. The lowest BCUT2D eigenvalue weighted by molar-refractivity contribution is -0.118. The van der Waals surface area contributed by atoms with Crippen LogP contribution in [0.5, 0.6) is 0 Å². The number of benzene rings is 1. The van der Waals surface area contributed by atoms with Gasteiger partial charge in [0.05, 0.1) is 18.5 Å². The summed E-state index contributed by atoms with van der Waals surface area (Å²) in [5.41, 5.74) is 2.00. The standard InChI is InChI=1S/C18H17FN4OS/c19-16-3-5-17(6-4-16)25-13-18(24)21-8-9-23-12-15(11-22-23)14-2-1-7-20-10-14/h1-7,10-12H,8-9,13H2,(H,21,24). The van der Waals surface area contributed by atoms with Gasteiger partial charge in [-0.2, -0.15) is 5.10 Å². The Morgan fingerprint density at radius 2 is 2.00 bits per heavy atom. The monoisotopic (exact) mass is 356 g/mol. The Balaban J connectivity index is 1.41. The van der Waals surface area contributed by atoms with Gasteiger partial charge >= 0.3 is 0 Å². The van der Waals surface area contributed by atoms with Crippen molar-refractivity contribution in [2.24, 2.45) is 0 Å². The van der Waals surface area contributed by atoms with Crippen molar-refractivity contribution in [3.8, 4) is 11.1 Å². The van der Waals surface area contributed by atoms with E-state index in [2.05, 4.69) is 15.4 Å². The third kappa shape index (κ3) is 5.15. The van der Waals surface area contributed by atoms with E-state index in [-0.39, 0.29) is 11.7 Å². The van der Waals surface area contributed by atoms with Crippen molar-refractivity contribution < 1.29 is 9.18 Å². The summed E-state index contributed by atoms with van der Waals surface area (Å²) in [7, 11) is 0. The molecular formula is C18H17FN4OS. The molecule has 5 nitrogen and oxygen atoms in total. The molecule has 3 rings (SSSR count). The molecule has 0 fully saturated rings. The van der Waals surface area contributed by atoms with Gasteiger partial charge < -0.3 is 5.32 Å². The molecule has 0 spiro atoms. The maximum atomic E-state index is 12.8. The Kier molecular flexibility index (Phi) is 5.79. The largest absolute Gasteiger partial charge is 0.354 e. The van der Waals surface area contributed by atoms with Gasteiger partial charge in [-0.3, -0.25) is 14.5 Å². The van der Waals surface area contributed by atoms with Crippen LogP contribution in [-0.2, 0) is 11.3 Å². The second kappa shape index (κ2) is 8.43. The van der Waals surface area contributed by atoms with Gasteiger partial charge in [0.2, 0.25) is 5.91 Å². The van der Waals surface area contributed by atoms with Gasteiger partial charge in [0, 0.05) is 41.2 Å². The molecule has 0 bridgehead atoms. The molecule has 1 aromatic carbocycles. The number of hydrogen-bond donors (Lipinski definition) is 1. The van der Waals surface area contributed by atoms with Crippen LogP contribution in [0.1, 0.15) is 0 Å². The van der Waals surface area contributed by atoms with E-state index in [4.69, 9.17) is 0 Å². The molecule has 2 aromatic heterocycles. The quantitative estimate of drug-likeness (QED) is 0.661. The molecule has 0 atom stereocenters. The molecule has 1 amide bonds. The third-order valence-corrected chi connectivity index (χ3v) is 4.49. The zero-order valence-electron chi connectivity index (χ0n) is 13.4. The van der Waals surface area contributed by atoms with Crippen LogP contribution in [-0.4, -0.2) is 33.0 Å². The topological polar surface area (TPSA) is 59.8 Å². The summed E-state index contributed by atoms with van der Waals surface area (Å²) < 4.78 is 14.6. The summed E-state index contributed by atoms with van der Waals surface area (Å²) in [5.74, 6) is -0.0429. The van der Waals surface area contributed by atoms with Gasteiger partial charge in [0.25, 0.3) is 0 Å². The molecule has 0 radical (unpaired) electrons. The summed E-state index contributed by atoms with van der Waals surface area (Å²) in [6.45, 7) is 1.09. The number of halogens is 1. The summed E-state index contributed by atoms with van der Waals surface area (Å²) in [6.07, 6.45) is 7.23. The summed E-state index contributed by atoms with van der Waals surface area (Å²) in [4.78, 5) is 16.8. The van der Waals surface area contributed by atoms with Crippen LogP contribution in [0.25, 0.3) is 11.1 Å². The van der Waals surface area contributed by atoms with E-state index in [1.165, 1.54) is 23.9 Å². The number of thioether (sulfide) groups is 1. The van der Waals surface area contributed by atoms with Crippen molar-refractivity contribution in [1.29, 1.82) is 0 Å². The molecule has 2 heterocycles. The Morgan fingerprint density at radius 3 is 2.76 bits per heavy atom. The van der Waals surface area contributed by atoms with Gasteiger partial charge in [-0.15, -0.1) is 11.8 Å². The van der Waals surface area contributed by atoms with Crippen LogP contribution in [0.2, 0.25) is 0 Å². The predicted molar refractivity (Wildman–Crippen MR) is 95.6 cm³/mol. The Morgan fingerprint density at radius 1 is 1.16 bits per heavy atom. The Bertz CT molecular complexity index is 821. The van der Waals surface area contributed by atoms with Crippen molar-refractivity contribution >= 4 is 17.7 Å². The van der Waals surface area contributed by atoms with Crippen LogP contribution < -0.4 is 5.32 Å². The maximum absolute atomic E-state index is 12.8. The van der Waals surface area contributed by atoms with E-state index < -0.39 is 0 Å². The van der Waals surface area contributed by atoms with Crippen molar-refractivity contribution in [2.75, 3.05) is 12.3 Å². The predicted octanol–water partition coefficient (Wildman–Crippen LogP) is 2.99. The number of pyridine rings is 1. The van der Waals surface area contributed by atoms with E-state index in [1.807, 2.05) is 18.3 Å². The van der Waals surface area contributed by atoms with E-state index in [1.54, 1.807) is 35.4 Å². The molecule has 0 unspecified atom stereocenters. The first-order valence-electron chi connectivity index (χ1n) is 7.78. The Labute approximate surface area is 149 Å². The first kappa shape index (κ1) is 17.2. The van der Waals surface area contributed by atoms with Crippen molar-refractivity contribution in [1.82, 2.24) is 20.1 Å². The molecule has 3 aromatic rings. The zero-order chi connectivity index (χ0) is 17.5. The number of aromatic nitrogens is 3. The smallest absolute Gasteiger partial charge is 0.230 e. The lowest BCUT2D eigenvalue weighted by atomic mass is 10.2. The SMILES string of the molecule is O=C(CSc1ccc(F)cc1)NCCn1cc(-c2cccnc2)cn1. The minimum Gasteiger partial charge on any atom is -0.354 e. The highest BCUT2D eigenvalue weighted by atomic mass is 32.2. The number of hydrogen-bond acceptors (Lipinski definition) is 4. The number of rotatable bonds is 7. The number of amides is 1. The number of nitrogens with zero attached hydrogens (tertiary/aromatic N) is 3. The van der Waals surface area contributed by atoms with Gasteiger partial charge in [0.15, 0.2) is 0 Å². The zero-order valence-corrected chi connectivity index (χ0v) is 14.2. The fourth-order valence-corrected chi connectivity index (χ4v) is 2.94. The highest BCUT2D eigenvalue weighted by Crippen LogP contribution is 2.18. The second-order valence-electron chi connectivity index (χ2n) is 5.33. The summed E-state index contributed by atoms with van der Waals surface area (Å²) >= 11 is 1.38. The van der Waals surface area contributed by atoms with Crippen LogP contribution in [0.3, 0.4) is 0 Å². The fourth-order valence-electron chi connectivity index (χ4n) is 2.21. The highest BCUT2D eigenvalue weighted by molar-refractivity contribution is 8.00. The van der Waals surface area contributed by atoms with Crippen LogP contribution in [0.4, 0.5) is 4.39 Å². The van der Waals surface area contributed by atoms with Crippen molar-refractivity contribution in [3.05, 3.63) is 67.0 Å². The van der Waals surface area contributed by atoms with Crippen molar-refractivity contribution in [2.45, 2.75) is 11.4 Å². The molecule has 0 aliphatic rings. The first-order chi connectivity index (χ1) is 12.2. The van der Waals surface area contributed by atoms with E-state index in [0.717, 1.165) is 16.0 Å². The van der Waals surface area contributed by atoms with Crippen LogP contribution in [0.15, 0.2) is 66.1 Å². The van der Waals surface area contributed by atoms with E-state index in [0.29, 0.717) is 18.8 Å². The molecule has 7 heteroatoms. The average molecular weight is 356 g/mol. The molecule has 0 saturated heterocycles. The Hall–Kier alpha value is -2.67. The molecule has 25 heavy (non-hydrogen) atoms. The molecule has 0 saturated carbocycles. The summed E-state index contributed by atoms with van der Waals surface area (Å²) in [6, 6.07) is 9.96. The maximum Gasteiger partial charge on any atom is 0.230 e. The number of carbonyl (C=O) groups excluding carboxylic acids is 1. The van der Waals surface area contributed by atoms with Crippen LogP contribution >= 0.6 is 11.8 Å². The minimum absolute atomic E-state index is 0.0611. The fraction of sp³-hybridized carbons (Fsp3) is 0.167. The molecule has 1 N–H and O–H groups in total. The lowest BCUT2D eigenvalue weighted by Gasteiger charge is -2.05. The van der Waals surface area contributed by atoms with Gasteiger partial charge in [0.1, 0.15) is 5.82 Å². The molecule has 0 aliphatic carbocycles. The first-order valence-corrected chi connectivity index (χ1v) is 8.77. The van der Waals surface area contributed by atoms with E-state index >= 15 is 0 Å². The normalized spacial score (nSPS) is 10.6. The average Bonchev–Trinajstić information content (AvgIpc) is 3.11. The molecule has 0 aliphatic heterocycles. The highest BCUT2D eigenvalue weighted by Gasteiger charge is 2.04. The van der Waals surface area contributed by atoms with Gasteiger partial charge in [-0.25, -0.2) is 4.39 Å². The molecular weight excluding hydrogens is 339 g/mol.